The summed E-state index contributed by atoms with van der Waals surface area (Å²) in [5, 5.41) is 25.6. The van der Waals surface area contributed by atoms with Crippen molar-refractivity contribution in [2.75, 3.05) is 13.2 Å². The smallest absolute Gasteiger partial charge is 0.333 e. The Bertz CT molecular complexity index is 1000. The zero-order valence-corrected chi connectivity index (χ0v) is 23.0. The topological polar surface area (TPSA) is 125 Å². The predicted molar refractivity (Wildman–Crippen MR) is 140 cm³/mol. The van der Waals surface area contributed by atoms with Gasteiger partial charge in [-0.1, -0.05) is 38.4 Å². The first-order valence-electron chi connectivity index (χ1n) is 13.9. The zero-order valence-electron chi connectivity index (χ0n) is 23.0. The average molecular weight is 517 g/mol. The van der Waals surface area contributed by atoms with Crippen LogP contribution in [0.4, 0.5) is 0 Å². The van der Waals surface area contributed by atoms with Gasteiger partial charge in [-0.25, -0.2) is 4.79 Å². The van der Waals surface area contributed by atoms with Gasteiger partial charge in [0.15, 0.2) is 12.7 Å². The third-order valence-corrected chi connectivity index (χ3v) is 10.6. The lowest BCUT2D eigenvalue weighted by Crippen LogP contribution is -2.51. The third-order valence-electron chi connectivity index (χ3n) is 10.6. The second-order valence-corrected chi connectivity index (χ2v) is 13.1. The summed E-state index contributed by atoms with van der Waals surface area (Å²) < 4.78 is 0. The lowest BCUT2D eigenvalue weighted by Gasteiger charge is -2.58. The summed E-state index contributed by atoms with van der Waals surface area (Å²) in [4.78, 5) is 40.9. The second kappa shape index (κ2) is 10.2. The number of aliphatic hydroxyl groups excluding tert-OH is 1. The van der Waals surface area contributed by atoms with E-state index in [0.717, 1.165) is 37.8 Å². The minimum Gasteiger partial charge on any atom is -0.479 e. The van der Waals surface area contributed by atoms with E-state index in [4.69, 9.17) is 9.94 Å². The van der Waals surface area contributed by atoms with Crippen molar-refractivity contribution < 1.29 is 29.4 Å². The second-order valence-electron chi connectivity index (χ2n) is 13.1. The van der Waals surface area contributed by atoms with Gasteiger partial charge < -0.3 is 20.4 Å². The van der Waals surface area contributed by atoms with Gasteiger partial charge in [0.1, 0.15) is 5.78 Å². The summed E-state index contributed by atoms with van der Waals surface area (Å²) in [6.07, 6.45) is 9.23. The maximum atomic E-state index is 12.4. The van der Waals surface area contributed by atoms with E-state index in [1.54, 1.807) is 20.8 Å². The molecule has 3 saturated carbocycles. The molecule has 0 aromatic heterocycles. The standard InChI is InChI=1S/C29H44N2O6/c1-17(32)21-8-9-22-20-7-6-18-14-19(10-12-28(18,4)23(20)11-13-29(21,22)5)31-37-15-24(33)30-16-27(2,3)25(34)26(35)36/h14,20-23,25,34H,6-13,15-16H2,1-5H3,(H,30,33)(H,35,36)/b31-19-/t20-,21-,22-,23-,25-,28-,29-/m1/s1. The van der Waals surface area contributed by atoms with Gasteiger partial charge in [-0.15, -0.1) is 0 Å². The molecular weight excluding hydrogens is 472 g/mol. The fraction of sp³-hybridized carbons (Fsp3) is 0.793. The molecule has 8 heteroatoms. The number of fused-ring (bicyclic) bond motifs is 5. The first-order chi connectivity index (χ1) is 17.3. The molecule has 3 N–H and O–H groups in total. The van der Waals surface area contributed by atoms with Crippen LogP contribution >= 0.6 is 0 Å². The minimum atomic E-state index is -1.57. The number of carboxylic acids is 1. The van der Waals surface area contributed by atoms with Gasteiger partial charge in [-0.2, -0.15) is 0 Å². The van der Waals surface area contributed by atoms with E-state index in [1.807, 2.05) is 0 Å². The molecule has 0 spiro atoms. The van der Waals surface area contributed by atoms with Crippen LogP contribution in [0.2, 0.25) is 0 Å². The molecule has 7 atom stereocenters. The number of Topliss-reactive ketones (excluding diaryl/α,β-unsaturated/α-hetero) is 1. The van der Waals surface area contributed by atoms with Crippen molar-refractivity contribution in [2.24, 2.45) is 45.1 Å². The summed E-state index contributed by atoms with van der Waals surface area (Å²) >= 11 is 0. The monoisotopic (exact) mass is 516 g/mol. The number of nitrogens with zero attached hydrogens (tertiary/aromatic N) is 1. The summed E-state index contributed by atoms with van der Waals surface area (Å²) in [6.45, 7) is 9.50. The first-order valence-corrected chi connectivity index (χ1v) is 13.9. The first kappa shape index (κ1) is 27.8. The van der Waals surface area contributed by atoms with Crippen LogP contribution in [0.3, 0.4) is 0 Å². The molecule has 37 heavy (non-hydrogen) atoms. The number of ketones is 1. The van der Waals surface area contributed by atoms with Crippen molar-refractivity contribution in [3.05, 3.63) is 11.6 Å². The van der Waals surface area contributed by atoms with Crippen molar-refractivity contribution in [3.63, 3.8) is 0 Å². The molecular formula is C29H44N2O6. The molecule has 8 nitrogen and oxygen atoms in total. The summed E-state index contributed by atoms with van der Waals surface area (Å²) in [7, 11) is 0. The van der Waals surface area contributed by atoms with Crippen molar-refractivity contribution >= 4 is 23.4 Å². The number of aliphatic carboxylic acids is 1. The number of allylic oxidation sites excluding steroid dienone is 2. The highest BCUT2D eigenvalue weighted by Gasteiger charge is 2.59. The summed E-state index contributed by atoms with van der Waals surface area (Å²) in [6, 6.07) is 0. The molecule has 0 aromatic carbocycles. The Labute approximate surface area is 220 Å². The number of rotatable bonds is 8. The fourth-order valence-electron chi connectivity index (χ4n) is 8.29. The molecule has 0 saturated heterocycles. The third kappa shape index (κ3) is 5.10. The van der Waals surface area contributed by atoms with E-state index in [0.29, 0.717) is 23.5 Å². The molecule has 0 bridgehead atoms. The number of nitrogens with one attached hydrogen (secondary N) is 1. The van der Waals surface area contributed by atoms with E-state index in [-0.39, 0.29) is 29.9 Å². The molecule has 206 valence electrons. The highest BCUT2D eigenvalue weighted by molar-refractivity contribution is 5.96. The Balaban J connectivity index is 1.35. The van der Waals surface area contributed by atoms with Gasteiger partial charge >= 0.3 is 5.97 Å². The molecule has 4 rings (SSSR count). The van der Waals surface area contributed by atoms with E-state index in [1.165, 1.54) is 24.8 Å². The number of aliphatic hydroxyl groups is 1. The summed E-state index contributed by atoms with van der Waals surface area (Å²) in [5.41, 5.74) is 1.62. The average Bonchev–Trinajstić information content (AvgIpc) is 3.20. The molecule has 1 amide bonds. The number of carbonyl (C=O) groups excluding carboxylic acids is 2. The van der Waals surface area contributed by atoms with Crippen molar-refractivity contribution in [1.82, 2.24) is 5.32 Å². The highest BCUT2D eigenvalue weighted by atomic mass is 16.6. The normalized spacial score (nSPS) is 37.0. The maximum Gasteiger partial charge on any atom is 0.333 e. The molecule has 0 heterocycles. The van der Waals surface area contributed by atoms with Crippen LogP contribution in [0.25, 0.3) is 0 Å². The lowest BCUT2D eigenvalue weighted by atomic mass is 9.46. The number of carbonyl (C=O) groups is 3. The van der Waals surface area contributed by atoms with Gasteiger partial charge in [0.05, 0.1) is 5.71 Å². The lowest BCUT2D eigenvalue weighted by molar-refractivity contribution is -0.153. The van der Waals surface area contributed by atoms with Crippen LogP contribution in [0.1, 0.15) is 86.0 Å². The Morgan fingerprint density at radius 1 is 1.14 bits per heavy atom. The Kier molecular flexibility index (Phi) is 7.63. The van der Waals surface area contributed by atoms with E-state index in [9.17, 15) is 19.5 Å². The van der Waals surface area contributed by atoms with Crippen LogP contribution < -0.4 is 5.32 Å². The number of hydrogen-bond acceptors (Lipinski definition) is 6. The zero-order chi connectivity index (χ0) is 27.2. The highest BCUT2D eigenvalue weighted by Crippen LogP contribution is 2.66. The molecule has 3 fully saturated rings. The van der Waals surface area contributed by atoms with Gasteiger partial charge in [0.25, 0.3) is 5.91 Å². The van der Waals surface area contributed by atoms with E-state index >= 15 is 0 Å². The Morgan fingerprint density at radius 3 is 2.54 bits per heavy atom. The van der Waals surface area contributed by atoms with Gasteiger partial charge in [-0.3, -0.25) is 9.59 Å². The Morgan fingerprint density at radius 2 is 1.86 bits per heavy atom. The molecule has 4 aliphatic carbocycles. The molecule has 0 aliphatic heterocycles. The van der Waals surface area contributed by atoms with Crippen LogP contribution in [-0.4, -0.2) is 52.8 Å². The fourth-order valence-corrected chi connectivity index (χ4v) is 8.29. The van der Waals surface area contributed by atoms with Crippen LogP contribution in [-0.2, 0) is 19.2 Å². The number of amides is 1. The van der Waals surface area contributed by atoms with Gasteiger partial charge in [0.2, 0.25) is 0 Å². The maximum absolute atomic E-state index is 12.4. The quantitative estimate of drug-likeness (QED) is 0.417. The molecule has 0 unspecified atom stereocenters. The number of carboxylic acid groups (broad SMARTS) is 1. The SMILES string of the molecule is CC(=O)[C@H]1CC[C@@H]2[C@H]3CCC4=C/C(=N\OCC(=O)NCC(C)(C)[C@H](O)C(=O)O)CC[C@@]4(C)[C@@H]3CC[C@]12C. The predicted octanol–water partition coefficient (Wildman–Crippen LogP) is 4.11. The van der Waals surface area contributed by atoms with Crippen molar-refractivity contribution in [3.8, 4) is 0 Å². The molecule has 4 aliphatic rings. The van der Waals surface area contributed by atoms with Crippen LogP contribution in [0.5, 0.6) is 0 Å². The van der Waals surface area contributed by atoms with E-state index < -0.39 is 23.4 Å². The van der Waals surface area contributed by atoms with Gasteiger partial charge in [-0.05, 0) is 93.0 Å². The van der Waals surface area contributed by atoms with Gasteiger partial charge in [0, 0.05) is 17.9 Å². The Hall–Kier alpha value is -2.22. The number of hydrogen-bond donors (Lipinski definition) is 3. The number of oxime groups is 1. The van der Waals surface area contributed by atoms with Crippen LogP contribution in [0, 0.1) is 39.9 Å². The van der Waals surface area contributed by atoms with Crippen molar-refractivity contribution in [2.45, 2.75) is 92.1 Å². The van der Waals surface area contributed by atoms with E-state index in [2.05, 4.69) is 30.4 Å². The minimum absolute atomic E-state index is 0.0113. The van der Waals surface area contributed by atoms with Crippen molar-refractivity contribution in [1.29, 1.82) is 0 Å². The summed E-state index contributed by atoms with van der Waals surface area (Å²) in [5.74, 6) is 0.864. The van der Waals surface area contributed by atoms with Crippen LogP contribution in [0.15, 0.2) is 16.8 Å². The molecule has 0 aromatic rings. The molecule has 0 radical (unpaired) electrons. The largest absolute Gasteiger partial charge is 0.479 e.